The normalized spacial score (nSPS) is 18.2. The zero-order chi connectivity index (χ0) is 19.7. The number of likely N-dealkylation sites (tertiary alicyclic amines) is 1. The fourth-order valence-corrected chi connectivity index (χ4v) is 3.26. The molecule has 0 saturated carbocycles. The maximum Gasteiger partial charge on any atom is 0.328 e. The van der Waals surface area contributed by atoms with E-state index in [0.717, 1.165) is 11.8 Å². The number of rotatable bonds is 10. The van der Waals surface area contributed by atoms with Crippen LogP contribution in [0.1, 0.15) is 33.1 Å². The number of nitrogens with zero attached hydrogens (tertiary/aromatic N) is 2. The molecule has 1 fully saturated rings. The van der Waals surface area contributed by atoms with E-state index in [1.165, 1.54) is 4.90 Å². The average Bonchev–Trinajstić information content (AvgIpc) is 3.07. The van der Waals surface area contributed by atoms with Crippen molar-refractivity contribution >= 4 is 41.2 Å². The van der Waals surface area contributed by atoms with Crippen LogP contribution in [0.15, 0.2) is 0 Å². The standard InChI is InChI=1S/C15H25N3O7S.ClH/c1-10(9-26-15(21)11(2)16)13(19)17-6-3-5-12(17)14(20)24-7-4-8-25-18(22)23;/h10-12H,3-9,16H2,1-2H3;1H/t10-,11?,12+;/m1./s1. The van der Waals surface area contributed by atoms with E-state index in [1.54, 1.807) is 13.8 Å². The molecule has 156 valence electrons. The van der Waals surface area contributed by atoms with Crippen molar-refractivity contribution in [3.8, 4) is 0 Å². The maximum absolute atomic E-state index is 12.6. The van der Waals surface area contributed by atoms with Crippen molar-refractivity contribution in [3.05, 3.63) is 10.1 Å². The minimum absolute atomic E-state index is 0. The van der Waals surface area contributed by atoms with Gasteiger partial charge in [0.1, 0.15) is 6.04 Å². The summed E-state index contributed by atoms with van der Waals surface area (Å²) < 4.78 is 5.09. The summed E-state index contributed by atoms with van der Waals surface area (Å²) >= 11 is 1.01. The molecule has 1 rings (SSSR count). The first-order valence-electron chi connectivity index (χ1n) is 8.40. The molecule has 1 saturated heterocycles. The van der Waals surface area contributed by atoms with Crippen molar-refractivity contribution in [2.45, 2.75) is 45.2 Å². The summed E-state index contributed by atoms with van der Waals surface area (Å²) in [6.45, 7) is 3.58. The lowest BCUT2D eigenvalue weighted by atomic mass is 10.1. The number of carbonyl (C=O) groups is 3. The van der Waals surface area contributed by atoms with Gasteiger partial charge < -0.3 is 20.2 Å². The molecule has 1 amide bonds. The second-order valence-corrected chi connectivity index (χ2v) is 7.11. The van der Waals surface area contributed by atoms with Gasteiger partial charge in [0.05, 0.1) is 19.3 Å². The molecule has 2 N–H and O–H groups in total. The Morgan fingerprint density at radius 3 is 2.59 bits per heavy atom. The number of halogens is 1. The van der Waals surface area contributed by atoms with Crippen molar-refractivity contribution in [3.63, 3.8) is 0 Å². The predicted octanol–water partition coefficient (Wildman–Crippen LogP) is 0.784. The SMILES string of the molecule is CC(N)C(=O)SC[C@@H](C)C(=O)N1CCC[C@H]1C(=O)OCCCO[N+](=O)[O-].Cl. The number of hydrogen-bond acceptors (Lipinski definition) is 9. The molecule has 0 spiro atoms. The molecule has 12 heteroatoms. The van der Waals surface area contributed by atoms with Gasteiger partial charge >= 0.3 is 5.97 Å². The van der Waals surface area contributed by atoms with Crippen molar-refractivity contribution in [1.29, 1.82) is 0 Å². The Morgan fingerprint density at radius 1 is 1.33 bits per heavy atom. The largest absolute Gasteiger partial charge is 0.464 e. The second kappa shape index (κ2) is 12.7. The summed E-state index contributed by atoms with van der Waals surface area (Å²) in [7, 11) is 0. The van der Waals surface area contributed by atoms with E-state index in [0.29, 0.717) is 25.1 Å². The lowest BCUT2D eigenvalue weighted by Crippen LogP contribution is -2.44. The van der Waals surface area contributed by atoms with Gasteiger partial charge in [-0.1, -0.05) is 18.7 Å². The van der Waals surface area contributed by atoms with E-state index in [4.69, 9.17) is 10.5 Å². The zero-order valence-corrected chi connectivity index (χ0v) is 17.0. The molecule has 0 aromatic rings. The molecule has 27 heavy (non-hydrogen) atoms. The minimum atomic E-state index is -0.908. The molecule has 10 nitrogen and oxygen atoms in total. The van der Waals surface area contributed by atoms with Crippen LogP contribution in [-0.4, -0.2) is 64.6 Å². The van der Waals surface area contributed by atoms with E-state index in [2.05, 4.69) is 4.84 Å². The number of thioether (sulfide) groups is 1. The molecule has 0 aliphatic carbocycles. The fraction of sp³-hybridized carbons (Fsp3) is 0.800. The van der Waals surface area contributed by atoms with Gasteiger partial charge in [0.15, 0.2) is 0 Å². The average molecular weight is 428 g/mol. The molecule has 1 aliphatic rings. The van der Waals surface area contributed by atoms with Crippen molar-refractivity contribution < 1.29 is 29.0 Å². The molecular weight excluding hydrogens is 402 g/mol. The van der Waals surface area contributed by atoms with Gasteiger partial charge in [-0.15, -0.1) is 22.5 Å². The van der Waals surface area contributed by atoms with E-state index in [-0.39, 0.29) is 43.1 Å². The summed E-state index contributed by atoms with van der Waals surface area (Å²) in [5.41, 5.74) is 5.49. The van der Waals surface area contributed by atoms with Gasteiger partial charge in [-0.25, -0.2) is 4.79 Å². The van der Waals surface area contributed by atoms with Gasteiger partial charge in [-0.2, -0.15) is 0 Å². The summed E-state index contributed by atoms with van der Waals surface area (Å²) in [6.07, 6.45) is 1.39. The first-order valence-corrected chi connectivity index (χ1v) is 9.39. The van der Waals surface area contributed by atoms with E-state index < -0.39 is 29.1 Å². The second-order valence-electron chi connectivity index (χ2n) is 6.09. The molecule has 0 bridgehead atoms. The van der Waals surface area contributed by atoms with Crippen molar-refractivity contribution in [1.82, 2.24) is 4.90 Å². The molecule has 1 unspecified atom stereocenters. The van der Waals surface area contributed by atoms with Crippen LogP contribution in [0, 0.1) is 16.0 Å². The van der Waals surface area contributed by atoms with E-state index in [1.807, 2.05) is 0 Å². The lowest BCUT2D eigenvalue weighted by Gasteiger charge is -2.26. The van der Waals surface area contributed by atoms with Crippen molar-refractivity contribution in [2.24, 2.45) is 11.7 Å². The highest BCUT2D eigenvalue weighted by Gasteiger charge is 2.37. The monoisotopic (exact) mass is 427 g/mol. The predicted molar refractivity (Wildman–Crippen MR) is 101 cm³/mol. The Morgan fingerprint density at radius 2 is 2.00 bits per heavy atom. The number of hydrogen-bond donors (Lipinski definition) is 1. The quantitative estimate of drug-likeness (QED) is 0.231. The third-order valence-corrected chi connectivity index (χ3v) is 5.13. The highest BCUT2D eigenvalue weighted by Crippen LogP contribution is 2.23. The van der Waals surface area contributed by atoms with Crippen LogP contribution in [0.5, 0.6) is 0 Å². The maximum atomic E-state index is 12.6. The van der Waals surface area contributed by atoms with Gasteiger partial charge in [0.25, 0.3) is 5.09 Å². The molecular formula is C15H26ClN3O7S. The Kier molecular flexibility index (Phi) is 12.0. The van der Waals surface area contributed by atoms with Crippen LogP contribution < -0.4 is 5.73 Å². The van der Waals surface area contributed by atoms with Gasteiger partial charge in [-0.3, -0.25) is 9.59 Å². The smallest absolute Gasteiger partial charge is 0.328 e. The molecule has 1 aliphatic heterocycles. The Balaban J connectivity index is 0.00000676. The highest BCUT2D eigenvalue weighted by atomic mass is 35.5. The zero-order valence-electron chi connectivity index (χ0n) is 15.3. The van der Waals surface area contributed by atoms with E-state index in [9.17, 15) is 24.5 Å². The number of ether oxygens (including phenoxy) is 1. The van der Waals surface area contributed by atoms with Crippen LogP contribution in [0.2, 0.25) is 0 Å². The fourth-order valence-electron chi connectivity index (χ4n) is 2.44. The van der Waals surface area contributed by atoms with Gasteiger partial charge in [-0.05, 0) is 19.8 Å². The molecule has 3 atom stereocenters. The first kappa shape index (κ1) is 25.4. The molecule has 0 radical (unpaired) electrons. The van der Waals surface area contributed by atoms with Gasteiger partial charge in [0, 0.05) is 24.6 Å². The topological polar surface area (TPSA) is 142 Å². The van der Waals surface area contributed by atoms with Crippen LogP contribution >= 0.6 is 24.2 Å². The third kappa shape index (κ3) is 8.76. The number of amides is 1. The first-order chi connectivity index (χ1) is 12.2. The summed E-state index contributed by atoms with van der Waals surface area (Å²) in [6, 6.07) is -1.24. The van der Waals surface area contributed by atoms with Crippen LogP contribution in [-0.2, 0) is 24.0 Å². The lowest BCUT2D eigenvalue weighted by molar-refractivity contribution is -0.757. The highest BCUT2D eigenvalue weighted by molar-refractivity contribution is 8.13. The molecule has 1 heterocycles. The van der Waals surface area contributed by atoms with E-state index >= 15 is 0 Å². The third-order valence-electron chi connectivity index (χ3n) is 3.81. The molecule has 0 aromatic heterocycles. The summed E-state index contributed by atoms with van der Waals surface area (Å²) in [5.74, 6) is -0.852. The Bertz CT molecular complexity index is 536. The van der Waals surface area contributed by atoms with Crippen LogP contribution in [0.3, 0.4) is 0 Å². The van der Waals surface area contributed by atoms with Crippen LogP contribution in [0.25, 0.3) is 0 Å². The Labute approximate surface area is 168 Å². The molecule has 0 aromatic carbocycles. The number of carbonyl (C=O) groups excluding carboxylic acids is 3. The minimum Gasteiger partial charge on any atom is -0.464 e. The summed E-state index contributed by atoms with van der Waals surface area (Å²) in [5, 5.41) is 8.93. The van der Waals surface area contributed by atoms with Gasteiger partial charge in [0.2, 0.25) is 11.0 Å². The number of esters is 1. The summed E-state index contributed by atoms with van der Waals surface area (Å²) in [4.78, 5) is 51.9. The Hall–Kier alpha value is -1.59. The number of nitrogens with two attached hydrogens (primary N) is 1. The van der Waals surface area contributed by atoms with Crippen LogP contribution in [0.4, 0.5) is 0 Å². The van der Waals surface area contributed by atoms with Crippen molar-refractivity contribution in [2.75, 3.05) is 25.5 Å².